The van der Waals surface area contributed by atoms with Crippen LogP contribution < -0.4 is 5.32 Å². The highest BCUT2D eigenvalue weighted by atomic mass is 16.2. The monoisotopic (exact) mass is 365 g/mol. The average Bonchev–Trinajstić information content (AvgIpc) is 2.72. The molecule has 2 aromatic carbocycles. The van der Waals surface area contributed by atoms with Gasteiger partial charge < -0.3 is 10.2 Å². The van der Waals surface area contributed by atoms with Gasteiger partial charge in [0.2, 0.25) is 11.8 Å². The van der Waals surface area contributed by atoms with Gasteiger partial charge in [-0.05, 0) is 18.1 Å². The van der Waals surface area contributed by atoms with Crippen molar-refractivity contribution < 1.29 is 9.59 Å². The summed E-state index contributed by atoms with van der Waals surface area (Å²) in [5.74, 6) is 0.101. The van der Waals surface area contributed by atoms with Crippen molar-refractivity contribution in [2.45, 2.75) is 25.9 Å². The standard InChI is InChI=1S/C22H27N3O2/c1-17(24-13-15-25(16-14-24)18(2)26)22(27)23-21(19-9-5-3-6-10-19)20-11-7-4-8-12-20/h3-12,17,21H,13-16H2,1-2H3,(H,23,27)/t17-/m0/s1. The zero-order valence-corrected chi connectivity index (χ0v) is 16.0. The van der Waals surface area contributed by atoms with Crippen LogP contribution >= 0.6 is 0 Å². The second-order valence-corrected chi connectivity index (χ2v) is 6.98. The molecule has 27 heavy (non-hydrogen) atoms. The molecule has 0 saturated carbocycles. The Balaban J connectivity index is 1.70. The van der Waals surface area contributed by atoms with Crippen molar-refractivity contribution in [1.29, 1.82) is 0 Å². The van der Waals surface area contributed by atoms with Gasteiger partial charge in [-0.15, -0.1) is 0 Å². The smallest absolute Gasteiger partial charge is 0.237 e. The Morgan fingerprint density at radius 2 is 1.33 bits per heavy atom. The van der Waals surface area contributed by atoms with Gasteiger partial charge in [-0.2, -0.15) is 0 Å². The molecule has 1 heterocycles. The Morgan fingerprint density at radius 3 is 1.78 bits per heavy atom. The first-order valence-electron chi connectivity index (χ1n) is 9.46. The molecular formula is C22H27N3O2. The molecule has 1 N–H and O–H groups in total. The number of carbonyl (C=O) groups excluding carboxylic acids is 2. The van der Waals surface area contributed by atoms with Crippen LogP contribution in [0.25, 0.3) is 0 Å². The van der Waals surface area contributed by atoms with E-state index >= 15 is 0 Å². The summed E-state index contributed by atoms with van der Waals surface area (Å²) in [6, 6.07) is 19.6. The zero-order valence-electron chi connectivity index (χ0n) is 16.0. The van der Waals surface area contributed by atoms with Crippen LogP contribution in [0.3, 0.4) is 0 Å². The van der Waals surface area contributed by atoms with E-state index in [1.54, 1.807) is 6.92 Å². The number of piperazine rings is 1. The Bertz CT molecular complexity index is 716. The molecule has 0 aromatic heterocycles. The summed E-state index contributed by atoms with van der Waals surface area (Å²) in [7, 11) is 0. The maximum Gasteiger partial charge on any atom is 0.237 e. The van der Waals surface area contributed by atoms with Crippen molar-refractivity contribution >= 4 is 11.8 Å². The van der Waals surface area contributed by atoms with Crippen molar-refractivity contribution in [2.75, 3.05) is 26.2 Å². The number of hydrogen-bond acceptors (Lipinski definition) is 3. The van der Waals surface area contributed by atoms with Crippen molar-refractivity contribution in [1.82, 2.24) is 15.1 Å². The normalized spacial score (nSPS) is 16.2. The highest BCUT2D eigenvalue weighted by Gasteiger charge is 2.28. The molecule has 1 aliphatic heterocycles. The molecule has 2 amide bonds. The van der Waals surface area contributed by atoms with Crippen LogP contribution in [0.1, 0.15) is 31.0 Å². The number of carbonyl (C=O) groups is 2. The summed E-state index contributed by atoms with van der Waals surface area (Å²) >= 11 is 0. The fraction of sp³-hybridized carbons (Fsp3) is 0.364. The topological polar surface area (TPSA) is 52.7 Å². The predicted molar refractivity (Wildman–Crippen MR) is 106 cm³/mol. The Labute approximate surface area is 161 Å². The van der Waals surface area contributed by atoms with Gasteiger partial charge in [0.05, 0.1) is 12.1 Å². The number of nitrogens with one attached hydrogen (secondary N) is 1. The molecule has 2 aromatic rings. The van der Waals surface area contributed by atoms with E-state index in [1.165, 1.54) is 0 Å². The quantitative estimate of drug-likeness (QED) is 0.886. The third kappa shape index (κ3) is 4.74. The fourth-order valence-electron chi connectivity index (χ4n) is 3.50. The van der Waals surface area contributed by atoms with E-state index in [-0.39, 0.29) is 23.9 Å². The fourth-order valence-corrected chi connectivity index (χ4v) is 3.50. The van der Waals surface area contributed by atoms with E-state index < -0.39 is 0 Å². The first-order valence-corrected chi connectivity index (χ1v) is 9.46. The summed E-state index contributed by atoms with van der Waals surface area (Å²) in [6.07, 6.45) is 0. The number of benzene rings is 2. The lowest BCUT2D eigenvalue weighted by Gasteiger charge is -2.37. The Morgan fingerprint density at radius 1 is 0.852 bits per heavy atom. The molecule has 1 saturated heterocycles. The van der Waals surface area contributed by atoms with Gasteiger partial charge in [0.1, 0.15) is 0 Å². The van der Waals surface area contributed by atoms with Gasteiger partial charge in [0.25, 0.3) is 0 Å². The van der Waals surface area contributed by atoms with E-state index in [4.69, 9.17) is 0 Å². The third-order valence-corrected chi connectivity index (χ3v) is 5.24. The second-order valence-electron chi connectivity index (χ2n) is 6.98. The first-order chi connectivity index (χ1) is 13.1. The van der Waals surface area contributed by atoms with Crippen molar-refractivity contribution in [2.24, 2.45) is 0 Å². The molecule has 0 bridgehead atoms. The largest absolute Gasteiger partial charge is 0.344 e. The third-order valence-electron chi connectivity index (χ3n) is 5.24. The van der Waals surface area contributed by atoms with Gasteiger partial charge in [0.15, 0.2) is 0 Å². The zero-order chi connectivity index (χ0) is 19.2. The number of hydrogen-bond donors (Lipinski definition) is 1. The summed E-state index contributed by atoms with van der Waals surface area (Å²) in [6.45, 7) is 6.31. The van der Waals surface area contributed by atoms with E-state index in [1.807, 2.05) is 72.5 Å². The van der Waals surface area contributed by atoms with E-state index in [0.29, 0.717) is 13.1 Å². The van der Waals surface area contributed by atoms with Crippen molar-refractivity contribution in [3.8, 4) is 0 Å². The van der Waals surface area contributed by atoms with Gasteiger partial charge in [0, 0.05) is 33.1 Å². The van der Waals surface area contributed by atoms with Crippen molar-refractivity contribution in [3.63, 3.8) is 0 Å². The van der Waals surface area contributed by atoms with Crippen molar-refractivity contribution in [3.05, 3.63) is 71.8 Å². The van der Waals surface area contributed by atoms with Crippen LogP contribution in [0, 0.1) is 0 Å². The maximum atomic E-state index is 13.0. The van der Waals surface area contributed by atoms with Crippen LogP contribution in [-0.2, 0) is 9.59 Å². The molecule has 0 radical (unpaired) electrons. The van der Waals surface area contributed by atoms with Crippen LogP contribution in [0.15, 0.2) is 60.7 Å². The second kappa shape index (κ2) is 8.82. The minimum atomic E-state index is -0.242. The van der Waals surface area contributed by atoms with Crippen LogP contribution in [0.5, 0.6) is 0 Å². The van der Waals surface area contributed by atoms with Crippen LogP contribution in [-0.4, -0.2) is 53.8 Å². The van der Waals surface area contributed by atoms with E-state index in [2.05, 4.69) is 10.2 Å². The lowest BCUT2D eigenvalue weighted by atomic mass is 9.98. The Hall–Kier alpha value is -2.66. The highest BCUT2D eigenvalue weighted by Crippen LogP contribution is 2.22. The summed E-state index contributed by atoms with van der Waals surface area (Å²) < 4.78 is 0. The lowest BCUT2D eigenvalue weighted by Crippen LogP contribution is -2.55. The Kier molecular flexibility index (Phi) is 6.24. The highest BCUT2D eigenvalue weighted by molar-refractivity contribution is 5.82. The number of amides is 2. The maximum absolute atomic E-state index is 13.0. The van der Waals surface area contributed by atoms with E-state index in [9.17, 15) is 9.59 Å². The molecule has 0 spiro atoms. The molecule has 5 nitrogen and oxygen atoms in total. The minimum absolute atomic E-state index is 0.00369. The number of nitrogens with zero attached hydrogens (tertiary/aromatic N) is 2. The molecule has 142 valence electrons. The summed E-state index contributed by atoms with van der Waals surface area (Å²) in [4.78, 5) is 28.4. The molecule has 0 unspecified atom stereocenters. The molecule has 0 aliphatic carbocycles. The van der Waals surface area contributed by atoms with Gasteiger partial charge in [-0.1, -0.05) is 60.7 Å². The minimum Gasteiger partial charge on any atom is -0.344 e. The van der Waals surface area contributed by atoms with Gasteiger partial charge in [-0.3, -0.25) is 14.5 Å². The van der Waals surface area contributed by atoms with Gasteiger partial charge >= 0.3 is 0 Å². The van der Waals surface area contributed by atoms with Crippen LogP contribution in [0.4, 0.5) is 0 Å². The van der Waals surface area contributed by atoms with E-state index in [0.717, 1.165) is 24.2 Å². The molecule has 1 atom stereocenters. The molecular weight excluding hydrogens is 338 g/mol. The molecule has 1 fully saturated rings. The predicted octanol–water partition coefficient (Wildman–Crippen LogP) is 2.44. The molecule has 5 heteroatoms. The number of rotatable bonds is 5. The molecule has 3 rings (SSSR count). The SMILES string of the molecule is CC(=O)N1CCN([C@@H](C)C(=O)NC(c2ccccc2)c2ccccc2)CC1. The average molecular weight is 365 g/mol. The van der Waals surface area contributed by atoms with Crippen LogP contribution in [0.2, 0.25) is 0 Å². The first kappa shape index (κ1) is 19.1. The van der Waals surface area contributed by atoms with Gasteiger partial charge in [-0.25, -0.2) is 0 Å². The summed E-state index contributed by atoms with van der Waals surface area (Å²) in [5, 5.41) is 3.22. The molecule has 1 aliphatic rings. The summed E-state index contributed by atoms with van der Waals surface area (Å²) in [5.41, 5.74) is 2.12. The lowest BCUT2D eigenvalue weighted by molar-refractivity contribution is -0.132.